The number of nitrogens with two attached hydrogens (primary N) is 3. The van der Waals surface area contributed by atoms with E-state index in [-0.39, 0.29) is 83.6 Å². The molecular weight excluding hydrogens is 1300 g/mol. The molecule has 32 heteroatoms. The number of ether oxygens (including phenoxy) is 4. The number of azide groups is 1. The van der Waals surface area contributed by atoms with Crippen LogP contribution in [0.2, 0.25) is 0 Å². The number of aliphatic carboxylic acids is 1. The number of aliphatic hydroxyl groups excluding tert-OH is 1. The van der Waals surface area contributed by atoms with Crippen molar-refractivity contribution in [1.82, 2.24) is 21.3 Å². The van der Waals surface area contributed by atoms with Crippen LogP contribution in [0.3, 0.4) is 0 Å². The lowest BCUT2D eigenvalue weighted by Crippen LogP contribution is -2.51. The third kappa shape index (κ3) is 43.3. The number of rotatable bonds is 24. The molecule has 5 aromatic rings. The topological polar surface area (TPSA) is 406 Å². The predicted molar refractivity (Wildman–Crippen MR) is 349 cm³/mol. The highest BCUT2D eigenvalue weighted by Gasteiger charge is 2.29. The van der Waals surface area contributed by atoms with E-state index in [9.17, 15) is 59.5 Å². The van der Waals surface area contributed by atoms with E-state index in [4.69, 9.17) is 53.0 Å². The Labute approximate surface area is 553 Å². The number of carbonyl (C=O) groups is 7. The van der Waals surface area contributed by atoms with Crippen molar-refractivity contribution in [1.29, 1.82) is 0 Å². The Balaban J connectivity index is 0. The Hall–Kier alpha value is -8.61. The zero-order valence-electron chi connectivity index (χ0n) is 52.9. The van der Waals surface area contributed by atoms with Crippen LogP contribution in [-0.4, -0.2) is 142 Å². The van der Waals surface area contributed by atoms with Crippen molar-refractivity contribution in [2.75, 3.05) is 59.7 Å². The van der Waals surface area contributed by atoms with Crippen LogP contribution in [0.4, 0.5) is 36.7 Å². The van der Waals surface area contributed by atoms with Gasteiger partial charge >= 0.3 is 29.7 Å². The number of alkyl halides is 4. The van der Waals surface area contributed by atoms with Crippen molar-refractivity contribution < 1.29 is 88.7 Å². The summed E-state index contributed by atoms with van der Waals surface area (Å²) in [6.45, 7) is 4.16. The highest BCUT2D eigenvalue weighted by atomic mass is 35.7. The lowest BCUT2D eigenvalue weighted by Gasteiger charge is -2.27. The van der Waals surface area contributed by atoms with Gasteiger partial charge in [0.2, 0.25) is 9.05 Å². The second-order valence-electron chi connectivity index (χ2n) is 20.5. The summed E-state index contributed by atoms with van der Waals surface area (Å²) in [5.74, 6) is -1.77. The standard InChI is InChI=1S/C13H17FN4O2.C13H19FN2O2.C13H18FNO3.C8H7ClO2.C8H5NO2.C5H10FNO2.CH3ClO2S.CH5N/c1-13(7-8-14,10-16-18-15)17-12(19)20-9-11-5-3-2-4-6-11;1-13(10-15,7-8-14)16-12(17)18-9-11-5-3-2-4-6-11;1-13(10-16,7-8-14)15-12(17)18-9-11-5-3-2-4-6-11;9-8(10)11-6-7-4-2-1-3-5-7;10-7-5-3-1-2-4-6(5)8(11)9-7;1-5(7,2-3-6)4(8)9;1-5(2,3)4;1-2/h2-6H,7-10H2,1H3,(H,17,19);2-6H,7-10,15H2,1H3,(H,16,17);2-6,16H,7-10H2,1H3,(H,15,17);1-5H,6H2;1-4H,(H,9,10,11);2-3,7H2,1H3,(H,8,9);1H3;2H2,1H3. The minimum absolute atomic E-state index is 0.0339. The van der Waals surface area contributed by atoms with E-state index in [1.165, 1.54) is 14.0 Å². The van der Waals surface area contributed by atoms with Crippen LogP contribution in [-0.2, 0) is 59.2 Å². The molecule has 0 radical (unpaired) electrons. The summed E-state index contributed by atoms with van der Waals surface area (Å²) in [6.07, 6.45) is -0.862. The van der Waals surface area contributed by atoms with E-state index in [2.05, 4.69) is 52.4 Å². The number of aliphatic hydroxyl groups is 1. The molecule has 25 nitrogen and oxygen atoms in total. The van der Waals surface area contributed by atoms with Gasteiger partial charge < -0.3 is 62.3 Å². The van der Waals surface area contributed by atoms with Crippen LogP contribution in [0.1, 0.15) is 96.3 Å². The summed E-state index contributed by atoms with van der Waals surface area (Å²) < 4.78 is 87.0. The van der Waals surface area contributed by atoms with E-state index in [0.29, 0.717) is 11.1 Å². The Morgan fingerprint density at radius 2 is 0.862 bits per heavy atom. The minimum Gasteiger partial charge on any atom is -0.480 e. The normalized spacial score (nSPS) is 13.1. The smallest absolute Gasteiger partial charge is 0.407 e. The minimum atomic E-state index is -3.19. The molecule has 5 amide bonds. The summed E-state index contributed by atoms with van der Waals surface area (Å²) in [7, 11) is 2.81. The van der Waals surface area contributed by atoms with Gasteiger partial charge in [0.25, 0.3) is 11.8 Å². The number of alkyl carbamates (subject to hydrolysis) is 3. The molecule has 0 aliphatic carbocycles. The molecule has 4 unspecified atom stereocenters. The van der Waals surface area contributed by atoms with E-state index in [1.54, 1.807) is 45.0 Å². The summed E-state index contributed by atoms with van der Waals surface area (Å²) in [5, 5.41) is 30.6. The van der Waals surface area contributed by atoms with Gasteiger partial charge in [-0.15, -0.1) is 0 Å². The number of imide groups is 1. The molecule has 94 heavy (non-hydrogen) atoms. The van der Waals surface area contributed by atoms with Crippen molar-refractivity contribution >= 4 is 72.8 Å². The van der Waals surface area contributed by atoms with Crippen LogP contribution in [0.25, 0.3) is 10.4 Å². The van der Waals surface area contributed by atoms with Crippen molar-refractivity contribution in [3.63, 3.8) is 0 Å². The number of carbonyl (C=O) groups excluding carboxylic acids is 6. The molecule has 0 fully saturated rings. The lowest BCUT2D eigenvalue weighted by atomic mass is 9.99. The third-order valence-corrected chi connectivity index (χ3v) is 12.1. The van der Waals surface area contributed by atoms with Gasteiger partial charge in [-0.05, 0) is 87.5 Å². The van der Waals surface area contributed by atoms with E-state index in [0.717, 1.165) is 28.5 Å². The Bertz CT molecular complexity index is 3050. The van der Waals surface area contributed by atoms with Gasteiger partial charge in [-0.3, -0.25) is 37.3 Å². The van der Waals surface area contributed by atoms with Gasteiger partial charge in [-0.1, -0.05) is 139 Å². The first-order valence-corrected chi connectivity index (χ1v) is 31.3. The molecule has 520 valence electrons. The largest absolute Gasteiger partial charge is 0.480 e. The van der Waals surface area contributed by atoms with E-state index in [1.807, 2.05) is 121 Å². The van der Waals surface area contributed by atoms with E-state index >= 15 is 0 Å². The second kappa shape index (κ2) is 49.0. The second-order valence-corrected chi connectivity index (χ2v) is 23.8. The van der Waals surface area contributed by atoms with Gasteiger partial charge in [0.1, 0.15) is 32.0 Å². The van der Waals surface area contributed by atoms with Gasteiger partial charge in [0.05, 0.1) is 61.8 Å². The van der Waals surface area contributed by atoms with Crippen LogP contribution in [0, 0.1) is 0 Å². The fourth-order valence-corrected chi connectivity index (χ4v) is 6.60. The maximum atomic E-state index is 12.5. The number of hydrogen-bond donors (Lipinski definition) is 9. The van der Waals surface area contributed by atoms with Gasteiger partial charge in [0, 0.05) is 58.7 Å². The van der Waals surface area contributed by atoms with Crippen LogP contribution in [0.5, 0.6) is 0 Å². The molecule has 12 N–H and O–H groups in total. The lowest BCUT2D eigenvalue weighted by molar-refractivity contribution is -0.143. The third-order valence-electron chi connectivity index (χ3n) is 12.0. The molecular formula is C62H84Cl2F4N10O15S. The van der Waals surface area contributed by atoms with Crippen LogP contribution in [0.15, 0.2) is 151 Å². The number of fused-ring (bicyclic) bond motifs is 1. The van der Waals surface area contributed by atoms with E-state index < -0.39 is 87.6 Å². The Morgan fingerprint density at radius 3 is 1.14 bits per heavy atom. The fourth-order valence-electron chi connectivity index (χ4n) is 6.54. The highest BCUT2D eigenvalue weighted by Crippen LogP contribution is 2.16. The van der Waals surface area contributed by atoms with Crippen molar-refractivity contribution in [2.24, 2.45) is 22.3 Å². The molecule has 5 aromatic carbocycles. The number of carboxylic acid groups (broad SMARTS) is 1. The van der Waals surface area contributed by atoms with Crippen molar-refractivity contribution in [3.8, 4) is 0 Å². The van der Waals surface area contributed by atoms with Crippen molar-refractivity contribution in [3.05, 3.63) is 189 Å². The first-order chi connectivity index (χ1) is 44.4. The average Bonchev–Trinajstić information content (AvgIpc) is 1.68. The molecule has 0 bridgehead atoms. The average molecular weight is 1390 g/mol. The van der Waals surface area contributed by atoms with Crippen molar-refractivity contribution in [2.45, 2.75) is 102 Å². The van der Waals surface area contributed by atoms with Crippen LogP contribution >= 0.6 is 22.3 Å². The number of carboxylic acids is 1. The first-order valence-electron chi connectivity index (χ1n) is 28.2. The maximum absolute atomic E-state index is 12.5. The molecule has 4 atom stereocenters. The Morgan fingerprint density at radius 1 is 0.574 bits per heavy atom. The zero-order valence-corrected chi connectivity index (χ0v) is 55.2. The number of halogens is 6. The predicted octanol–water partition coefficient (Wildman–Crippen LogP) is 10.4. The monoisotopic (exact) mass is 1390 g/mol. The highest BCUT2D eigenvalue weighted by molar-refractivity contribution is 8.13. The summed E-state index contributed by atoms with van der Waals surface area (Å²) in [5.41, 5.74) is 23.1. The number of benzene rings is 5. The molecule has 0 saturated heterocycles. The summed E-state index contributed by atoms with van der Waals surface area (Å²) in [6, 6.07) is 43.8. The fraction of sp³-hybridized carbons (Fsp3) is 0.403. The summed E-state index contributed by atoms with van der Waals surface area (Å²) in [4.78, 5) is 79.5. The summed E-state index contributed by atoms with van der Waals surface area (Å²) >= 11 is 4.97. The number of hydrogen-bond acceptors (Lipinski definition) is 18. The zero-order chi connectivity index (χ0) is 71.7. The molecule has 1 aliphatic heterocycles. The van der Waals surface area contributed by atoms with Gasteiger partial charge in [-0.2, -0.15) is 0 Å². The molecule has 0 aromatic heterocycles. The molecule has 0 saturated carbocycles. The first kappa shape index (κ1) is 87.5. The molecule has 1 heterocycles. The number of nitrogens with one attached hydrogen (secondary N) is 4. The molecule has 1 aliphatic rings. The number of nitrogens with zero attached hydrogens (tertiary/aromatic N) is 3. The SMILES string of the molecule is CC(CCF)(CN=[N+]=[N-])NC(=O)OCc1ccccc1.CC(CN)(CCF)NC(=O)OCc1ccccc1.CC(CO)(CCF)NC(=O)OCc1ccccc1.CC(N)(CCF)C(=O)O.CN.CS(=O)(=O)Cl.O=C(Cl)OCc1ccccc1.O=C1NC(=O)c2ccccc21. The maximum Gasteiger partial charge on any atom is 0.407 e. The Kier molecular flexibility index (Phi) is 45.6. The molecule has 0 spiro atoms. The molecule has 6 rings (SSSR count). The van der Waals surface area contributed by atoms with Crippen LogP contribution < -0.4 is 38.5 Å². The van der Waals surface area contributed by atoms with Gasteiger partial charge in [0.15, 0.2) is 0 Å². The van der Waals surface area contributed by atoms with Gasteiger partial charge in [-0.25, -0.2) is 27.6 Å². The number of amides is 5. The quantitative estimate of drug-likeness (QED) is 0.00527.